The molecule has 3 N–H and O–H groups in total. The fourth-order valence-corrected chi connectivity index (χ4v) is 1.78. The minimum atomic E-state index is -0.470. The molecule has 1 aromatic heterocycles. The van der Waals surface area contributed by atoms with E-state index in [4.69, 9.17) is 22.7 Å². The summed E-state index contributed by atoms with van der Waals surface area (Å²) in [7, 11) is 1.60. The number of hydrogen-bond donors (Lipinski definition) is 2. The van der Waals surface area contributed by atoms with Crippen LogP contribution in [0.15, 0.2) is 24.3 Å². The first kappa shape index (κ1) is 12.3. The van der Waals surface area contributed by atoms with Crippen LogP contribution in [0.5, 0.6) is 5.75 Å². The van der Waals surface area contributed by atoms with Crippen LogP contribution in [0, 0.1) is 4.77 Å². The van der Waals surface area contributed by atoms with E-state index < -0.39 is 5.91 Å². The highest BCUT2D eigenvalue weighted by atomic mass is 32.1. The Morgan fingerprint density at radius 1 is 1.50 bits per heavy atom. The minimum Gasteiger partial charge on any atom is -0.497 e. The van der Waals surface area contributed by atoms with Crippen molar-refractivity contribution in [1.29, 1.82) is 0 Å². The average molecular weight is 264 g/mol. The summed E-state index contributed by atoms with van der Waals surface area (Å²) in [5, 5.41) is 6.74. The molecule has 0 spiro atoms. The first-order valence-corrected chi connectivity index (χ1v) is 5.60. The quantitative estimate of drug-likeness (QED) is 0.810. The topological polar surface area (TPSA) is 85.9 Å². The molecule has 7 heteroatoms. The lowest BCUT2D eigenvalue weighted by Crippen LogP contribution is -2.19. The Labute approximate surface area is 108 Å². The molecule has 0 aliphatic rings. The van der Waals surface area contributed by atoms with Gasteiger partial charge in [-0.3, -0.25) is 14.5 Å². The number of benzene rings is 1. The highest BCUT2D eigenvalue weighted by molar-refractivity contribution is 7.71. The summed E-state index contributed by atoms with van der Waals surface area (Å²) < 4.78 is 6.99. The number of hydrogen-bond acceptors (Lipinski definition) is 4. The van der Waals surface area contributed by atoms with Crippen molar-refractivity contribution in [2.24, 2.45) is 5.73 Å². The van der Waals surface area contributed by atoms with E-state index in [9.17, 15) is 4.79 Å². The van der Waals surface area contributed by atoms with Crippen molar-refractivity contribution >= 4 is 18.1 Å². The molecular formula is C11H12N4O2S. The third-order valence-electron chi connectivity index (χ3n) is 2.42. The molecular weight excluding hydrogens is 252 g/mol. The van der Waals surface area contributed by atoms with Gasteiger partial charge in [0.15, 0.2) is 10.6 Å². The van der Waals surface area contributed by atoms with Crippen molar-refractivity contribution in [1.82, 2.24) is 14.8 Å². The number of aromatic nitrogens is 3. The van der Waals surface area contributed by atoms with Crippen LogP contribution in [-0.2, 0) is 11.3 Å². The number of amides is 1. The largest absolute Gasteiger partial charge is 0.497 e. The fourth-order valence-electron chi connectivity index (χ4n) is 1.58. The van der Waals surface area contributed by atoms with Crippen molar-refractivity contribution in [2.75, 3.05) is 7.11 Å². The zero-order valence-corrected chi connectivity index (χ0v) is 10.5. The average Bonchev–Trinajstić information content (AvgIpc) is 2.71. The summed E-state index contributed by atoms with van der Waals surface area (Å²) in [6, 6.07) is 7.28. The molecule has 0 aliphatic heterocycles. The van der Waals surface area contributed by atoms with Crippen molar-refractivity contribution in [3.8, 4) is 17.1 Å². The Kier molecular flexibility index (Phi) is 3.42. The van der Waals surface area contributed by atoms with E-state index in [0.29, 0.717) is 10.6 Å². The van der Waals surface area contributed by atoms with Crippen LogP contribution < -0.4 is 10.5 Å². The monoisotopic (exact) mass is 264 g/mol. The van der Waals surface area contributed by atoms with Gasteiger partial charge in [0.1, 0.15) is 12.3 Å². The Morgan fingerprint density at radius 3 is 2.72 bits per heavy atom. The molecule has 94 valence electrons. The normalized spacial score (nSPS) is 10.3. The third-order valence-corrected chi connectivity index (χ3v) is 2.73. The zero-order chi connectivity index (χ0) is 13.1. The Hall–Kier alpha value is -2.15. The predicted octanol–water partition coefficient (Wildman–Crippen LogP) is 1.10. The van der Waals surface area contributed by atoms with E-state index in [1.165, 1.54) is 0 Å². The minimum absolute atomic E-state index is 0.00328. The maximum atomic E-state index is 11.0. The molecule has 6 nitrogen and oxygen atoms in total. The van der Waals surface area contributed by atoms with Crippen LogP contribution >= 0.6 is 12.2 Å². The van der Waals surface area contributed by atoms with Crippen molar-refractivity contribution in [2.45, 2.75) is 6.54 Å². The van der Waals surface area contributed by atoms with Gasteiger partial charge in [-0.25, -0.2) is 0 Å². The second-order valence-electron chi connectivity index (χ2n) is 3.63. The number of primary amides is 1. The number of nitrogens with zero attached hydrogens (tertiary/aromatic N) is 2. The maximum Gasteiger partial charge on any atom is 0.237 e. The van der Waals surface area contributed by atoms with Gasteiger partial charge in [-0.1, -0.05) is 0 Å². The lowest BCUT2D eigenvalue weighted by molar-refractivity contribution is -0.118. The molecule has 0 aliphatic carbocycles. The van der Waals surface area contributed by atoms with E-state index in [-0.39, 0.29) is 6.54 Å². The maximum absolute atomic E-state index is 11.0. The summed E-state index contributed by atoms with van der Waals surface area (Å²) in [6.07, 6.45) is 0. The number of nitrogens with one attached hydrogen (secondary N) is 1. The number of carbonyl (C=O) groups is 1. The van der Waals surface area contributed by atoms with Crippen molar-refractivity contribution < 1.29 is 9.53 Å². The summed E-state index contributed by atoms with van der Waals surface area (Å²) in [5.74, 6) is 0.845. The third kappa shape index (κ3) is 2.40. The second kappa shape index (κ2) is 5.01. The molecule has 2 aromatic rings. The second-order valence-corrected chi connectivity index (χ2v) is 4.02. The van der Waals surface area contributed by atoms with Crippen LogP contribution in [0.3, 0.4) is 0 Å². The molecule has 1 aromatic carbocycles. The van der Waals surface area contributed by atoms with Gasteiger partial charge in [0.25, 0.3) is 0 Å². The number of nitrogens with two attached hydrogens (primary N) is 1. The van der Waals surface area contributed by atoms with Crippen LogP contribution in [0.2, 0.25) is 0 Å². The lowest BCUT2D eigenvalue weighted by atomic mass is 10.2. The number of H-pyrrole nitrogens is 1. The molecule has 0 atom stereocenters. The first-order chi connectivity index (χ1) is 8.61. The Balaban J connectivity index is 2.43. The number of methoxy groups -OCH3 is 1. The number of rotatable bonds is 4. The SMILES string of the molecule is COc1ccc(-c2n[nH]c(=S)n2CC(N)=O)cc1. The zero-order valence-electron chi connectivity index (χ0n) is 9.71. The molecule has 0 saturated carbocycles. The van der Waals surface area contributed by atoms with Crippen molar-refractivity contribution in [3.05, 3.63) is 29.0 Å². The molecule has 0 radical (unpaired) electrons. The molecule has 0 unspecified atom stereocenters. The Bertz CT molecular complexity index is 615. The van der Waals surface area contributed by atoms with Crippen LogP contribution in [0.1, 0.15) is 0 Å². The molecule has 1 heterocycles. The molecule has 0 bridgehead atoms. The van der Waals surface area contributed by atoms with Gasteiger partial charge in [0.2, 0.25) is 5.91 Å². The molecule has 1 amide bonds. The van der Waals surface area contributed by atoms with Crippen LogP contribution in [0.4, 0.5) is 0 Å². The van der Waals surface area contributed by atoms with Gasteiger partial charge in [-0.15, -0.1) is 0 Å². The predicted molar refractivity (Wildman–Crippen MR) is 68.6 cm³/mol. The Morgan fingerprint density at radius 2 is 2.17 bits per heavy atom. The summed E-state index contributed by atoms with van der Waals surface area (Å²) in [5.41, 5.74) is 6.00. The number of carbonyl (C=O) groups excluding carboxylic acids is 1. The highest BCUT2D eigenvalue weighted by Crippen LogP contribution is 2.20. The van der Waals surface area contributed by atoms with Gasteiger partial charge < -0.3 is 10.5 Å². The molecule has 18 heavy (non-hydrogen) atoms. The van der Waals surface area contributed by atoms with Crippen molar-refractivity contribution in [3.63, 3.8) is 0 Å². The van der Waals surface area contributed by atoms with E-state index >= 15 is 0 Å². The summed E-state index contributed by atoms with van der Waals surface area (Å²) in [6.45, 7) is -0.00328. The summed E-state index contributed by atoms with van der Waals surface area (Å²) >= 11 is 5.05. The summed E-state index contributed by atoms with van der Waals surface area (Å²) in [4.78, 5) is 11.0. The molecule has 2 rings (SSSR count). The smallest absolute Gasteiger partial charge is 0.237 e. The highest BCUT2D eigenvalue weighted by Gasteiger charge is 2.10. The molecule has 0 saturated heterocycles. The lowest BCUT2D eigenvalue weighted by Gasteiger charge is -2.05. The first-order valence-electron chi connectivity index (χ1n) is 5.19. The van der Waals surface area contributed by atoms with E-state index in [1.54, 1.807) is 11.7 Å². The number of aromatic amines is 1. The van der Waals surface area contributed by atoms with Crippen LogP contribution in [-0.4, -0.2) is 27.8 Å². The van der Waals surface area contributed by atoms with E-state index in [2.05, 4.69) is 10.2 Å². The van der Waals surface area contributed by atoms with Gasteiger partial charge in [0.05, 0.1) is 7.11 Å². The van der Waals surface area contributed by atoms with Gasteiger partial charge in [0, 0.05) is 5.56 Å². The van der Waals surface area contributed by atoms with E-state index in [1.807, 2.05) is 24.3 Å². The van der Waals surface area contributed by atoms with Gasteiger partial charge in [-0.05, 0) is 36.5 Å². The van der Waals surface area contributed by atoms with Crippen LogP contribution in [0.25, 0.3) is 11.4 Å². The fraction of sp³-hybridized carbons (Fsp3) is 0.182. The van der Waals surface area contributed by atoms with Gasteiger partial charge in [-0.2, -0.15) is 5.10 Å². The van der Waals surface area contributed by atoms with Gasteiger partial charge >= 0.3 is 0 Å². The number of ether oxygens (including phenoxy) is 1. The standard InChI is InChI=1S/C11H12N4O2S/c1-17-8-4-2-7(3-5-8)10-13-14-11(18)15(10)6-9(12)16/h2-5H,6H2,1H3,(H2,12,16)(H,14,18). The molecule has 0 fully saturated rings. The van der Waals surface area contributed by atoms with E-state index in [0.717, 1.165) is 11.3 Å².